The molecule has 0 spiro atoms. The van der Waals surface area contributed by atoms with E-state index in [2.05, 4.69) is 5.32 Å². The number of methoxy groups -OCH3 is 1. The molecule has 2 aromatic rings. The Kier molecular flexibility index (Phi) is 6.33. The molecule has 0 saturated heterocycles. The minimum absolute atomic E-state index is 0.0730. The van der Waals surface area contributed by atoms with Gasteiger partial charge in [-0.25, -0.2) is 17.1 Å². The van der Waals surface area contributed by atoms with Gasteiger partial charge in [0.2, 0.25) is 10.0 Å². The third-order valence-corrected chi connectivity index (χ3v) is 5.63. The smallest absolute Gasteiger partial charge is 0.251 e. The van der Waals surface area contributed by atoms with Gasteiger partial charge in [-0.05, 0) is 42.3 Å². The van der Waals surface area contributed by atoms with Crippen molar-refractivity contribution in [3.05, 3.63) is 59.4 Å². The molecule has 0 atom stereocenters. The summed E-state index contributed by atoms with van der Waals surface area (Å²) in [4.78, 5) is 12.2. The minimum Gasteiger partial charge on any atom is -0.495 e. The second-order valence-electron chi connectivity index (χ2n) is 5.79. The summed E-state index contributed by atoms with van der Waals surface area (Å²) in [5.74, 6) is -0.544. The van der Waals surface area contributed by atoms with Crippen LogP contribution in [0, 0.1) is 5.82 Å². The molecule has 0 saturated carbocycles. The maximum Gasteiger partial charge on any atom is 0.251 e. The van der Waals surface area contributed by atoms with Crippen LogP contribution >= 0.6 is 0 Å². The van der Waals surface area contributed by atoms with Crippen molar-refractivity contribution in [1.29, 1.82) is 0 Å². The van der Waals surface area contributed by atoms with Crippen LogP contribution in [-0.2, 0) is 16.4 Å². The summed E-state index contributed by atoms with van der Waals surface area (Å²) >= 11 is 0. The van der Waals surface area contributed by atoms with E-state index in [4.69, 9.17) is 4.74 Å². The number of nitrogens with zero attached hydrogens (tertiary/aromatic N) is 1. The van der Waals surface area contributed by atoms with Crippen molar-refractivity contribution in [2.75, 3.05) is 27.7 Å². The molecule has 26 heavy (non-hydrogen) atoms. The number of rotatable bonds is 7. The summed E-state index contributed by atoms with van der Waals surface area (Å²) in [5.41, 5.74) is 1.10. The maximum absolute atomic E-state index is 12.9. The average Bonchev–Trinajstić information content (AvgIpc) is 2.62. The molecule has 2 aromatic carbocycles. The van der Waals surface area contributed by atoms with E-state index in [1.54, 1.807) is 12.1 Å². The van der Waals surface area contributed by atoms with Gasteiger partial charge in [0.15, 0.2) is 0 Å². The van der Waals surface area contributed by atoms with E-state index in [0.717, 1.165) is 9.87 Å². The first-order valence-electron chi connectivity index (χ1n) is 7.89. The fourth-order valence-electron chi connectivity index (χ4n) is 2.29. The molecular weight excluding hydrogens is 359 g/mol. The highest BCUT2D eigenvalue weighted by Crippen LogP contribution is 2.26. The predicted molar refractivity (Wildman–Crippen MR) is 96.3 cm³/mol. The van der Waals surface area contributed by atoms with Gasteiger partial charge in [0.05, 0.1) is 7.11 Å². The molecule has 8 heteroatoms. The van der Waals surface area contributed by atoms with E-state index < -0.39 is 15.9 Å². The van der Waals surface area contributed by atoms with E-state index in [9.17, 15) is 17.6 Å². The lowest BCUT2D eigenvalue weighted by atomic mass is 10.1. The third-order valence-electron chi connectivity index (χ3n) is 3.80. The van der Waals surface area contributed by atoms with Crippen LogP contribution in [0.5, 0.6) is 5.75 Å². The summed E-state index contributed by atoms with van der Waals surface area (Å²) in [7, 11) is 0.431. The highest BCUT2D eigenvalue weighted by molar-refractivity contribution is 7.89. The molecule has 0 unspecified atom stereocenters. The lowest BCUT2D eigenvalue weighted by Crippen LogP contribution is -2.27. The van der Waals surface area contributed by atoms with Crippen LogP contribution in [0.2, 0.25) is 0 Å². The van der Waals surface area contributed by atoms with Gasteiger partial charge in [0, 0.05) is 26.2 Å². The van der Waals surface area contributed by atoms with Gasteiger partial charge >= 0.3 is 0 Å². The molecule has 0 bridgehead atoms. The third kappa shape index (κ3) is 4.59. The predicted octanol–water partition coefficient (Wildman–Crippen LogP) is 2.06. The van der Waals surface area contributed by atoms with Crippen LogP contribution in [0.15, 0.2) is 47.4 Å². The van der Waals surface area contributed by atoms with E-state index in [1.807, 2.05) is 0 Å². The molecule has 0 aliphatic carbocycles. The molecule has 0 aliphatic heterocycles. The quantitative estimate of drug-likeness (QED) is 0.798. The Bertz CT molecular complexity index is 881. The summed E-state index contributed by atoms with van der Waals surface area (Å²) in [5, 5.41) is 2.73. The standard InChI is InChI=1S/C18H21FN2O4S/c1-21(2)26(23,24)17-12-14(6-9-16(17)25-3)18(22)20-11-10-13-4-7-15(19)8-5-13/h4-9,12H,10-11H2,1-3H3,(H,20,22). The Morgan fingerprint density at radius 1 is 1.15 bits per heavy atom. The first-order chi connectivity index (χ1) is 12.3. The van der Waals surface area contributed by atoms with E-state index in [0.29, 0.717) is 13.0 Å². The van der Waals surface area contributed by atoms with Crippen LogP contribution in [0.3, 0.4) is 0 Å². The van der Waals surface area contributed by atoms with E-state index in [-0.39, 0.29) is 22.0 Å². The average molecular weight is 380 g/mol. The number of hydrogen-bond acceptors (Lipinski definition) is 4. The lowest BCUT2D eigenvalue weighted by molar-refractivity contribution is 0.0954. The monoisotopic (exact) mass is 380 g/mol. The van der Waals surface area contributed by atoms with E-state index in [1.165, 1.54) is 51.5 Å². The van der Waals surface area contributed by atoms with Crippen molar-refractivity contribution in [3.8, 4) is 5.75 Å². The van der Waals surface area contributed by atoms with Crippen LogP contribution < -0.4 is 10.1 Å². The summed E-state index contributed by atoms with van der Waals surface area (Å²) in [6.45, 7) is 0.340. The number of carbonyl (C=O) groups excluding carboxylic acids is 1. The first-order valence-corrected chi connectivity index (χ1v) is 9.33. The number of amides is 1. The Morgan fingerprint density at radius 2 is 1.81 bits per heavy atom. The molecule has 0 aromatic heterocycles. The van der Waals surface area contributed by atoms with Crippen LogP contribution in [-0.4, -0.2) is 46.4 Å². The second-order valence-corrected chi connectivity index (χ2v) is 7.91. The zero-order valence-electron chi connectivity index (χ0n) is 14.8. The van der Waals surface area contributed by atoms with Gasteiger partial charge in [-0.3, -0.25) is 4.79 Å². The van der Waals surface area contributed by atoms with Gasteiger partial charge in [0.25, 0.3) is 5.91 Å². The molecule has 0 fully saturated rings. The Balaban J connectivity index is 2.12. The number of ether oxygens (including phenoxy) is 1. The van der Waals surface area contributed by atoms with Gasteiger partial charge in [0.1, 0.15) is 16.5 Å². The molecule has 0 radical (unpaired) electrons. The lowest BCUT2D eigenvalue weighted by Gasteiger charge is -2.15. The fourth-order valence-corrected chi connectivity index (χ4v) is 3.36. The second kappa shape index (κ2) is 8.29. The number of sulfonamides is 1. The van der Waals surface area contributed by atoms with Crippen LogP contribution in [0.25, 0.3) is 0 Å². The van der Waals surface area contributed by atoms with Crippen LogP contribution in [0.1, 0.15) is 15.9 Å². The highest BCUT2D eigenvalue weighted by Gasteiger charge is 2.23. The largest absolute Gasteiger partial charge is 0.495 e. The molecular formula is C18H21FN2O4S. The van der Waals surface area contributed by atoms with Crippen molar-refractivity contribution in [2.24, 2.45) is 0 Å². The number of nitrogens with one attached hydrogen (secondary N) is 1. The maximum atomic E-state index is 12.9. The molecule has 0 aliphatic rings. The van der Waals surface area contributed by atoms with Gasteiger partial charge in [-0.2, -0.15) is 0 Å². The Labute approximate surface area is 152 Å². The normalized spacial score (nSPS) is 11.4. The molecule has 0 heterocycles. The van der Waals surface area contributed by atoms with Crippen molar-refractivity contribution in [1.82, 2.24) is 9.62 Å². The Morgan fingerprint density at radius 3 is 2.38 bits per heavy atom. The molecule has 6 nitrogen and oxygen atoms in total. The topological polar surface area (TPSA) is 75.7 Å². The van der Waals surface area contributed by atoms with Crippen molar-refractivity contribution in [2.45, 2.75) is 11.3 Å². The zero-order valence-corrected chi connectivity index (χ0v) is 15.6. The van der Waals surface area contributed by atoms with Gasteiger partial charge in [-0.1, -0.05) is 12.1 Å². The minimum atomic E-state index is -3.75. The molecule has 1 amide bonds. The SMILES string of the molecule is COc1ccc(C(=O)NCCc2ccc(F)cc2)cc1S(=O)(=O)N(C)C. The van der Waals surface area contributed by atoms with Gasteiger partial charge in [-0.15, -0.1) is 0 Å². The molecule has 140 valence electrons. The molecule has 2 rings (SSSR count). The van der Waals surface area contributed by atoms with E-state index >= 15 is 0 Å². The Hall–Kier alpha value is -2.45. The summed E-state index contributed by atoms with van der Waals surface area (Å²) in [6.07, 6.45) is 0.533. The number of benzene rings is 2. The summed E-state index contributed by atoms with van der Waals surface area (Å²) < 4.78 is 43.8. The first kappa shape index (κ1) is 19.9. The summed E-state index contributed by atoms with van der Waals surface area (Å²) in [6, 6.07) is 10.3. The number of hydrogen-bond donors (Lipinski definition) is 1. The number of carbonyl (C=O) groups is 1. The fraction of sp³-hybridized carbons (Fsp3) is 0.278. The van der Waals surface area contributed by atoms with Crippen molar-refractivity contribution >= 4 is 15.9 Å². The zero-order chi connectivity index (χ0) is 19.3. The van der Waals surface area contributed by atoms with Crippen LogP contribution in [0.4, 0.5) is 4.39 Å². The van der Waals surface area contributed by atoms with Crippen molar-refractivity contribution < 1.29 is 22.3 Å². The van der Waals surface area contributed by atoms with Gasteiger partial charge < -0.3 is 10.1 Å². The number of halogens is 1. The van der Waals surface area contributed by atoms with Crippen molar-refractivity contribution in [3.63, 3.8) is 0 Å². The highest BCUT2D eigenvalue weighted by atomic mass is 32.2. The molecule has 1 N–H and O–H groups in total.